The first-order valence-electron chi connectivity index (χ1n) is 9.06. The fourth-order valence-corrected chi connectivity index (χ4v) is 4.42. The van der Waals surface area contributed by atoms with Crippen LogP contribution in [-0.4, -0.2) is 32.8 Å². The van der Waals surface area contributed by atoms with Crippen LogP contribution in [0.15, 0.2) is 24.3 Å². The molecule has 0 fully saturated rings. The van der Waals surface area contributed by atoms with Gasteiger partial charge in [0.2, 0.25) is 0 Å². The van der Waals surface area contributed by atoms with E-state index in [1.54, 1.807) is 21.3 Å². The van der Waals surface area contributed by atoms with Crippen molar-refractivity contribution in [3.05, 3.63) is 52.1 Å². The van der Waals surface area contributed by atoms with Crippen molar-refractivity contribution in [3.63, 3.8) is 0 Å². The Morgan fingerprint density at radius 2 is 1.81 bits per heavy atom. The highest BCUT2D eigenvalue weighted by Crippen LogP contribution is 2.44. The first-order valence-corrected chi connectivity index (χ1v) is 9.06. The standard InChI is InChI=1S/C21H26N2O3/c1-24-19-9-14-6-7-23-12-17-13(4-5-15(11-22)21(17)26-3)8-18(23)16(14)10-20(19)25-2/h4-5,9-10,18H,6-8,11-12,22H2,1-3H3/t18-/m0/s1. The van der Waals surface area contributed by atoms with Crippen molar-refractivity contribution in [3.8, 4) is 17.2 Å². The largest absolute Gasteiger partial charge is 0.496 e. The minimum atomic E-state index is 0.361. The van der Waals surface area contributed by atoms with Gasteiger partial charge in [-0.05, 0) is 41.7 Å². The highest BCUT2D eigenvalue weighted by atomic mass is 16.5. The summed E-state index contributed by atoms with van der Waals surface area (Å²) in [5, 5.41) is 0. The van der Waals surface area contributed by atoms with Gasteiger partial charge in [0, 0.05) is 36.8 Å². The van der Waals surface area contributed by atoms with Crippen molar-refractivity contribution in [2.24, 2.45) is 5.73 Å². The van der Waals surface area contributed by atoms with Gasteiger partial charge >= 0.3 is 0 Å². The SMILES string of the molecule is COc1cc2c(cc1OC)[C@@H]1Cc3ccc(CN)c(OC)c3CN1CC2. The number of ether oxygens (including phenoxy) is 3. The maximum absolute atomic E-state index is 5.89. The van der Waals surface area contributed by atoms with Gasteiger partial charge in [-0.2, -0.15) is 0 Å². The second-order valence-electron chi connectivity index (χ2n) is 6.95. The molecule has 0 radical (unpaired) electrons. The summed E-state index contributed by atoms with van der Waals surface area (Å²) in [6, 6.07) is 8.97. The van der Waals surface area contributed by atoms with Crippen molar-refractivity contribution in [1.29, 1.82) is 0 Å². The molecular formula is C21H26N2O3. The molecule has 0 unspecified atom stereocenters. The molecule has 0 saturated heterocycles. The molecule has 2 aromatic rings. The predicted molar refractivity (Wildman–Crippen MR) is 101 cm³/mol. The van der Waals surface area contributed by atoms with E-state index in [1.165, 1.54) is 22.3 Å². The van der Waals surface area contributed by atoms with E-state index in [0.29, 0.717) is 12.6 Å². The molecule has 2 aromatic carbocycles. The summed E-state index contributed by atoms with van der Waals surface area (Å²) in [6.45, 7) is 2.42. The summed E-state index contributed by atoms with van der Waals surface area (Å²) < 4.78 is 16.7. The van der Waals surface area contributed by atoms with Crippen molar-refractivity contribution >= 4 is 0 Å². The minimum Gasteiger partial charge on any atom is -0.496 e. The number of hydrogen-bond acceptors (Lipinski definition) is 5. The van der Waals surface area contributed by atoms with Gasteiger partial charge in [0.1, 0.15) is 5.75 Å². The Bertz CT molecular complexity index is 834. The smallest absolute Gasteiger partial charge is 0.161 e. The lowest BCUT2D eigenvalue weighted by molar-refractivity contribution is 0.157. The molecule has 0 bridgehead atoms. The number of benzene rings is 2. The molecule has 2 N–H and O–H groups in total. The monoisotopic (exact) mass is 354 g/mol. The third-order valence-electron chi connectivity index (χ3n) is 5.75. The van der Waals surface area contributed by atoms with E-state index >= 15 is 0 Å². The molecule has 26 heavy (non-hydrogen) atoms. The van der Waals surface area contributed by atoms with Crippen LogP contribution in [-0.2, 0) is 25.9 Å². The lowest BCUT2D eigenvalue weighted by Gasteiger charge is -2.42. The molecule has 4 rings (SSSR count). The molecule has 1 atom stereocenters. The van der Waals surface area contributed by atoms with Crippen molar-refractivity contribution in [2.75, 3.05) is 27.9 Å². The first kappa shape index (κ1) is 17.2. The summed E-state index contributed by atoms with van der Waals surface area (Å²) in [6.07, 6.45) is 1.99. The number of nitrogens with zero attached hydrogens (tertiary/aromatic N) is 1. The first-order chi connectivity index (χ1) is 12.7. The Morgan fingerprint density at radius 3 is 2.50 bits per heavy atom. The third kappa shape index (κ3) is 2.63. The lowest BCUT2D eigenvalue weighted by Crippen LogP contribution is -2.39. The highest BCUT2D eigenvalue weighted by Gasteiger charge is 2.34. The number of methoxy groups -OCH3 is 3. The summed E-state index contributed by atoms with van der Waals surface area (Å²) >= 11 is 0. The second-order valence-corrected chi connectivity index (χ2v) is 6.95. The molecule has 0 saturated carbocycles. The summed E-state index contributed by atoms with van der Waals surface area (Å²) in [7, 11) is 5.13. The van der Waals surface area contributed by atoms with Gasteiger partial charge < -0.3 is 19.9 Å². The van der Waals surface area contributed by atoms with Crippen LogP contribution in [0.1, 0.15) is 33.9 Å². The highest BCUT2D eigenvalue weighted by molar-refractivity contribution is 5.53. The molecule has 2 heterocycles. The van der Waals surface area contributed by atoms with E-state index in [0.717, 1.165) is 48.7 Å². The Kier molecular flexibility index (Phi) is 4.51. The fraction of sp³-hybridized carbons (Fsp3) is 0.429. The zero-order valence-electron chi connectivity index (χ0n) is 15.7. The van der Waals surface area contributed by atoms with Gasteiger partial charge in [-0.15, -0.1) is 0 Å². The van der Waals surface area contributed by atoms with E-state index in [9.17, 15) is 0 Å². The molecule has 5 nitrogen and oxygen atoms in total. The van der Waals surface area contributed by atoms with E-state index in [4.69, 9.17) is 19.9 Å². The molecule has 2 aliphatic heterocycles. The van der Waals surface area contributed by atoms with Gasteiger partial charge in [-0.25, -0.2) is 0 Å². The van der Waals surface area contributed by atoms with Crippen LogP contribution in [0.4, 0.5) is 0 Å². The van der Waals surface area contributed by atoms with Gasteiger partial charge in [-0.3, -0.25) is 4.90 Å². The molecule has 0 spiro atoms. The normalized spacial score (nSPS) is 18.5. The fourth-order valence-electron chi connectivity index (χ4n) is 4.42. The number of nitrogens with two attached hydrogens (primary N) is 1. The van der Waals surface area contributed by atoms with Crippen LogP contribution < -0.4 is 19.9 Å². The Hall–Kier alpha value is -2.24. The molecule has 0 amide bonds. The average Bonchev–Trinajstić information content (AvgIpc) is 2.70. The molecule has 2 aliphatic rings. The molecule has 138 valence electrons. The molecular weight excluding hydrogens is 328 g/mol. The van der Waals surface area contributed by atoms with Crippen LogP contribution in [0.25, 0.3) is 0 Å². The minimum absolute atomic E-state index is 0.361. The predicted octanol–water partition coefficient (Wildman–Crippen LogP) is 2.83. The summed E-state index contributed by atoms with van der Waals surface area (Å²) in [5.41, 5.74) is 12.3. The second kappa shape index (κ2) is 6.82. The third-order valence-corrected chi connectivity index (χ3v) is 5.75. The summed E-state index contributed by atoms with van der Waals surface area (Å²) in [4.78, 5) is 2.54. The molecule has 0 aromatic heterocycles. The van der Waals surface area contributed by atoms with Crippen LogP contribution in [0.5, 0.6) is 17.2 Å². The van der Waals surface area contributed by atoms with E-state index in [2.05, 4.69) is 29.2 Å². The Balaban J connectivity index is 1.76. The summed E-state index contributed by atoms with van der Waals surface area (Å²) in [5.74, 6) is 2.57. The number of fused-ring (bicyclic) bond motifs is 4. The van der Waals surface area contributed by atoms with Crippen LogP contribution in [0.3, 0.4) is 0 Å². The maximum Gasteiger partial charge on any atom is 0.161 e. The van der Waals surface area contributed by atoms with E-state index in [-0.39, 0.29) is 0 Å². The zero-order chi connectivity index (χ0) is 18.3. The number of rotatable bonds is 4. The quantitative estimate of drug-likeness (QED) is 0.915. The van der Waals surface area contributed by atoms with Crippen LogP contribution in [0.2, 0.25) is 0 Å². The van der Waals surface area contributed by atoms with Crippen molar-refractivity contribution in [2.45, 2.75) is 32.0 Å². The van der Waals surface area contributed by atoms with Crippen LogP contribution in [0, 0.1) is 0 Å². The van der Waals surface area contributed by atoms with Gasteiger partial charge in [-0.1, -0.05) is 12.1 Å². The lowest BCUT2D eigenvalue weighted by atomic mass is 9.83. The van der Waals surface area contributed by atoms with Crippen LogP contribution >= 0.6 is 0 Å². The zero-order valence-corrected chi connectivity index (χ0v) is 15.7. The number of hydrogen-bond donors (Lipinski definition) is 1. The van der Waals surface area contributed by atoms with Crippen molar-refractivity contribution in [1.82, 2.24) is 4.90 Å². The molecule has 0 aliphatic carbocycles. The van der Waals surface area contributed by atoms with Gasteiger partial charge in [0.05, 0.1) is 21.3 Å². The van der Waals surface area contributed by atoms with E-state index < -0.39 is 0 Å². The van der Waals surface area contributed by atoms with Crippen molar-refractivity contribution < 1.29 is 14.2 Å². The van der Waals surface area contributed by atoms with E-state index in [1.807, 2.05) is 0 Å². The maximum atomic E-state index is 5.89. The Labute approximate surface area is 154 Å². The Morgan fingerprint density at radius 1 is 1.04 bits per heavy atom. The van der Waals surface area contributed by atoms with Gasteiger partial charge in [0.15, 0.2) is 11.5 Å². The molecule has 5 heteroatoms. The topological polar surface area (TPSA) is 57.0 Å². The van der Waals surface area contributed by atoms with Gasteiger partial charge in [0.25, 0.3) is 0 Å². The average molecular weight is 354 g/mol.